The van der Waals surface area contributed by atoms with Crippen molar-refractivity contribution in [3.8, 4) is 11.5 Å². The third-order valence-electron chi connectivity index (χ3n) is 7.25. The van der Waals surface area contributed by atoms with Gasteiger partial charge in [0.1, 0.15) is 5.75 Å². The highest BCUT2D eigenvalue weighted by molar-refractivity contribution is 5.68. The number of likely N-dealkylation sites (tertiary alicyclic amines) is 1. The largest absolute Gasteiger partial charge is 0.496 e. The van der Waals surface area contributed by atoms with Crippen LogP contribution in [0.2, 0.25) is 0 Å². The van der Waals surface area contributed by atoms with Gasteiger partial charge in [-0.05, 0) is 37.5 Å². The molecule has 2 aromatic rings. The first-order chi connectivity index (χ1) is 18.2. The molecule has 0 saturated carbocycles. The van der Waals surface area contributed by atoms with E-state index in [0.717, 1.165) is 25.3 Å². The van der Waals surface area contributed by atoms with Crippen LogP contribution in [0.4, 0.5) is 28.9 Å². The number of alkyl halides is 4. The highest BCUT2D eigenvalue weighted by atomic mass is 19.4. The number of benzene rings is 2. The molecule has 7 nitrogen and oxygen atoms in total. The molecule has 1 fully saturated rings. The van der Waals surface area contributed by atoms with Gasteiger partial charge in [0.15, 0.2) is 5.75 Å². The normalized spacial score (nSPS) is 20.4. The lowest BCUT2D eigenvalue weighted by Gasteiger charge is -2.43. The Labute approximate surface area is 220 Å². The molecule has 0 spiro atoms. The number of hydrogen-bond acceptors (Lipinski definition) is 7. The van der Waals surface area contributed by atoms with Gasteiger partial charge >= 0.3 is 6.18 Å². The molecule has 2 heterocycles. The molecular formula is C27H34F4N4O3. The second kappa shape index (κ2) is 11.8. The van der Waals surface area contributed by atoms with Gasteiger partial charge in [-0.2, -0.15) is 13.2 Å². The maximum Gasteiger partial charge on any atom is 0.401 e. The van der Waals surface area contributed by atoms with E-state index in [-0.39, 0.29) is 19.1 Å². The molecule has 2 aliphatic heterocycles. The summed E-state index contributed by atoms with van der Waals surface area (Å²) in [6.07, 6.45) is -3.62. The molecule has 2 aliphatic rings. The number of nitrogens with zero attached hydrogens (tertiary/aromatic N) is 2. The summed E-state index contributed by atoms with van der Waals surface area (Å²) >= 11 is 0. The highest BCUT2D eigenvalue weighted by Gasteiger charge is 2.42. The number of anilines is 2. The molecule has 0 radical (unpaired) electrons. The van der Waals surface area contributed by atoms with Crippen LogP contribution in [0.25, 0.3) is 0 Å². The first kappa shape index (κ1) is 28.0. The van der Waals surface area contributed by atoms with Gasteiger partial charge in [0.2, 0.25) is 0 Å². The number of carbonyl (C=O) groups is 1. The number of methoxy groups -OCH3 is 1. The van der Waals surface area contributed by atoms with Crippen molar-refractivity contribution >= 4 is 17.8 Å². The molecular weight excluding hydrogens is 504 g/mol. The zero-order valence-corrected chi connectivity index (χ0v) is 21.8. The Kier molecular flexibility index (Phi) is 8.67. The molecule has 4 rings (SSSR count). The summed E-state index contributed by atoms with van der Waals surface area (Å²) in [6, 6.07) is 7.85. The Morgan fingerprint density at radius 2 is 1.89 bits per heavy atom. The molecule has 0 aliphatic carbocycles. The molecule has 1 saturated heterocycles. The summed E-state index contributed by atoms with van der Waals surface area (Å²) in [5, 5.41) is 6.42. The first-order valence-corrected chi connectivity index (χ1v) is 12.7. The number of ether oxygens (including phenoxy) is 2. The van der Waals surface area contributed by atoms with Gasteiger partial charge in [-0.1, -0.05) is 12.1 Å². The van der Waals surface area contributed by atoms with Crippen molar-refractivity contribution in [2.45, 2.75) is 44.1 Å². The molecule has 11 heteroatoms. The summed E-state index contributed by atoms with van der Waals surface area (Å²) in [5.74, 6) is 0.777. The van der Waals surface area contributed by atoms with Crippen molar-refractivity contribution in [3.63, 3.8) is 0 Å². The quantitative estimate of drug-likeness (QED) is 0.320. The molecule has 0 amide bonds. The summed E-state index contributed by atoms with van der Waals surface area (Å²) < 4.78 is 64.7. The summed E-state index contributed by atoms with van der Waals surface area (Å²) in [7, 11) is 3.19. The van der Waals surface area contributed by atoms with Crippen LogP contribution in [0.1, 0.15) is 36.1 Å². The lowest BCUT2D eigenvalue weighted by atomic mass is 9.83. The van der Waals surface area contributed by atoms with E-state index in [1.54, 1.807) is 38.2 Å². The van der Waals surface area contributed by atoms with Crippen LogP contribution >= 0.6 is 0 Å². The molecule has 0 bridgehead atoms. The van der Waals surface area contributed by atoms with Crippen molar-refractivity contribution in [1.82, 2.24) is 9.80 Å². The number of halogens is 4. The van der Waals surface area contributed by atoms with E-state index in [1.165, 1.54) is 12.0 Å². The predicted octanol–water partition coefficient (Wildman–Crippen LogP) is 4.63. The average molecular weight is 539 g/mol. The van der Waals surface area contributed by atoms with Crippen molar-refractivity contribution in [3.05, 3.63) is 47.0 Å². The number of carbonyl (C=O) groups excluding carboxylic acids is 1. The van der Waals surface area contributed by atoms with Crippen molar-refractivity contribution in [2.24, 2.45) is 0 Å². The van der Waals surface area contributed by atoms with E-state index >= 15 is 0 Å². The third-order valence-corrected chi connectivity index (χ3v) is 7.25. The minimum Gasteiger partial charge on any atom is -0.496 e. The summed E-state index contributed by atoms with van der Waals surface area (Å²) in [6.45, 7) is 2.95. The molecule has 2 aromatic carbocycles. The molecule has 1 unspecified atom stereocenters. The maximum absolute atomic E-state index is 13.8. The second-order valence-corrected chi connectivity index (χ2v) is 9.82. The summed E-state index contributed by atoms with van der Waals surface area (Å²) in [4.78, 5) is 14.9. The van der Waals surface area contributed by atoms with Crippen LogP contribution in [0.5, 0.6) is 11.5 Å². The van der Waals surface area contributed by atoms with Crippen LogP contribution in [0.3, 0.4) is 0 Å². The Morgan fingerprint density at radius 1 is 1.16 bits per heavy atom. The monoisotopic (exact) mass is 538 g/mol. The van der Waals surface area contributed by atoms with E-state index in [9.17, 15) is 22.4 Å². The Bertz CT molecular complexity index is 1120. The van der Waals surface area contributed by atoms with Gasteiger partial charge in [-0.15, -0.1) is 0 Å². The SMILES string of the molecule is CNc1ccc2c(c1OC=O)C[C@@H](C)N(CC(F)(F)F)C2c1ccc(NC2CN(CCCF)C2)cc1OC. The van der Waals surface area contributed by atoms with E-state index < -0.39 is 24.8 Å². The molecule has 208 valence electrons. The fraction of sp³-hybridized carbons (Fsp3) is 0.519. The van der Waals surface area contributed by atoms with E-state index in [0.29, 0.717) is 46.8 Å². The van der Waals surface area contributed by atoms with Crippen molar-refractivity contribution in [1.29, 1.82) is 0 Å². The molecule has 38 heavy (non-hydrogen) atoms. The zero-order chi connectivity index (χ0) is 27.4. The summed E-state index contributed by atoms with van der Waals surface area (Å²) in [5.41, 5.74) is 3.28. The fourth-order valence-electron chi connectivity index (χ4n) is 5.53. The number of fused-ring (bicyclic) bond motifs is 1. The minimum atomic E-state index is -4.41. The van der Waals surface area contributed by atoms with Crippen LogP contribution in [-0.2, 0) is 11.2 Å². The smallest absolute Gasteiger partial charge is 0.401 e. The average Bonchev–Trinajstić information content (AvgIpc) is 2.85. The number of hydrogen-bond donors (Lipinski definition) is 2. The van der Waals surface area contributed by atoms with Gasteiger partial charge in [0, 0.05) is 55.6 Å². The third kappa shape index (κ3) is 5.99. The van der Waals surface area contributed by atoms with Gasteiger partial charge in [0.25, 0.3) is 6.47 Å². The number of rotatable bonds is 11. The Morgan fingerprint density at radius 3 is 2.53 bits per heavy atom. The zero-order valence-electron chi connectivity index (χ0n) is 21.8. The number of nitrogens with one attached hydrogen (secondary N) is 2. The van der Waals surface area contributed by atoms with E-state index in [2.05, 4.69) is 15.5 Å². The van der Waals surface area contributed by atoms with Crippen LogP contribution in [-0.4, -0.2) is 81.5 Å². The van der Waals surface area contributed by atoms with Gasteiger partial charge in [-0.25, -0.2) is 0 Å². The lowest BCUT2D eigenvalue weighted by molar-refractivity contribution is -0.155. The van der Waals surface area contributed by atoms with Gasteiger partial charge in [0.05, 0.1) is 38.1 Å². The van der Waals surface area contributed by atoms with E-state index in [4.69, 9.17) is 9.47 Å². The standard InChI is InChI=1S/C27H34F4N4O3/c1-17-11-22-20(7-8-23(32-2)26(22)38-16-36)25(35(17)15-27(29,30)31)21-6-5-18(12-24(21)37-3)33-19-13-34(14-19)10-4-9-28/h5-8,12,16-17,19,25,32-33H,4,9-11,13-15H2,1-3H3/t17-,25?/m1/s1. The van der Waals surface area contributed by atoms with Gasteiger partial charge < -0.3 is 20.1 Å². The van der Waals surface area contributed by atoms with Crippen LogP contribution in [0, 0.1) is 0 Å². The molecule has 2 atom stereocenters. The second-order valence-electron chi connectivity index (χ2n) is 9.82. The Hall–Kier alpha value is -3.05. The first-order valence-electron chi connectivity index (χ1n) is 12.7. The Balaban J connectivity index is 1.71. The highest BCUT2D eigenvalue weighted by Crippen LogP contribution is 2.47. The van der Waals surface area contributed by atoms with E-state index in [1.807, 2.05) is 6.07 Å². The van der Waals surface area contributed by atoms with Crippen molar-refractivity contribution < 1.29 is 31.8 Å². The van der Waals surface area contributed by atoms with Crippen LogP contribution < -0.4 is 20.1 Å². The fourth-order valence-corrected chi connectivity index (χ4v) is 5.53. The minimum absolute atomic E-state index is 0.199. The maximum atomic E-state index is 13.8. The van der Waals surface area contributed by atoms with Gasteiger partial charge in [-0.3, -0.25) is 19.0 Å². The lowest BCUT2D eigenvalue weighted by Crippen LogP contribution is -2.54. The molecule has 2 N–H and O–H groups in total. The predicted molar refractivity (Wildman–Crippen MR) is 138 cm³/mol. The molecule has 0 aromatic heterocycles. The van der Waals surface area contributed by atoms with Crippen molar-refractivity contribution in [2.75, 3.05) is 57.6 Å². The van der Waals surface area contributed by atoms with Crippen LogP contribution in [0.15, 0.2) is 30.3 Å². The topological polar surface area (TPSA) is 66.1 Å².